The second kappa shape index (κ2) is 3.89. The lowest BCUT2D eigenvalue weighted by atomic mass is 10.00. The summed E-state index contributed by atoms with van der Waals surface area (Å²) in [7, 11) is -3.92. The summed E-state index contributed by atoms with van der Waals surface area (Å²) in [5, 5.41) is 18.3. The van der Waals surface area contributed by atoms with Crippen LogP contribution >= 0.6 is 0 Å². The molecule has 18 heavy (non-hydrogen) atoms. The van der Waals surface area contributed by atoms with Gasteiger partial charge in [0.2, 0.25) is 9.84 Å². The summed E-state index contributed by atoms with van der Waals surface area (Å²) in [6.45, 7) is 1.15. The Morgan fingerprint density at radius 1 is 1.39 bits per heavy atom. The van der Waals surface area contributed by atoms with E-state index < -0.39 is 33.3 Å². The van der Waals surface area contributed by atoms with E-state index in [9.17, 15) is 22.7 Å². The van der Waals surface area contributed by atoms with Crippen LogP contribution in [0.5, 0.6) is 0 Å². The molecule has 1 heterocycles. The van der Waals surface area contributed by atoms with Crippen molar-refractivity contribution >= 4 is 21.4 Å². The van der Waals surface area contributed by atoms with Crippen LogP contribution in [-0.4, -0.2) is 30.7 Å². The maximum atomic E-state index is 13.7. The van der Waals surface area contributed by atoms with E-state index in [4.69, 9.17) is 5.11 Å². The molecule has 0 spiro atoms. The quantitative estimate of drug-likeness (QED) is 0.830. The first-order valence-corrected chi connectivity index (χ1v) is 6.42. The van der Waals surface area contributed by atoms with Gasteiger partial charge in [0, 0.05) is 11.1 Å². The highest BCUT2D eigenvalue weighted by molar-refractivity contribution is 7.95. The van der Waals surface area contributed by atoms with E-state index in [1.807, 2.05) is 0 Å². The van der Waals surface area contributed by atoms with Crippen LogP contribution in [0.15, 0.2) is 28.0 Å². The highest BCUT2D eigenvalue weighted by Gasteiger charge is 2.39. The zero-order valence-corrected chi connectivity index (χ0v) is 10.0. The Kier molecular flexibility index (Phi) is 2.75. The molecule has 96 valence electrons. The average Bonchev–Trinajstić information content (AvgIpc) is 2.49. The van der Waals surface area contributed by atoms with Gasteiger partial charge in [-0.15, -0.1) is 0 Å². The number of allylic oxidation sites excluding steroid dienone is 1. The van der Waals surface area contributed by atoms with Crippen molar-refractivity contribution in [3.05, 3.63) is 34.5 Å². The van der Waals surface area contributed by atoms with Gasteiger partial charge in [0.1, 0.15) is 5.82 Å². The summed E-state index contributed by atoms with van der Waals surface area (Å²) in [5.41, 5.74) is -0.763. The van der Waals surface area contributed by atoms with Crippen molar-refractivity contribution in [3.63, 3.8) is 0 Å². The second-order valence-electron chi connectivity index (χ2n) is 3.83. The molecule has 0 bridgehead atoms. The van der Waals surface area contributed by atoms with Crippen molar-refractivity contribution in [2.24, 2.45) is 0 Å². The SMILES string of the molecule is CC1=C(C(O)C(=O)O)c2c(F)cccc2S1(=O)=O. The largest absolute Gasteiger partial charge is 0.479 e. The molecule has 0 fully saturated rings. The van der Waals surface area contributed by atoms with Crippen molar-refractivity contribution in [2.75, 3.05) is 0 Å². The smallest absolute Gasteiger partial charge is 0.337 e. The van der Waals surface area contributed by atoms with Crippen molar-refractivity contribution in [1.82, 2.24) is 0 Å². The Morgan fingerprint density at radius 3 is 2.56 bits per heavy atom. The van der Waals surface area contributed by atoms with Crippen LogP contribution in [0.2, 0.25) is 0 Å². The first-order valence-electron chi connectivity index (χ1n) is 4.94. The molecular formula is C11H9FO5S. The van der Waals surface area contributed by atoms with Crippen molar-refractivity contribution < 1.29 is 27.8 Å². The highest BCUT2D eigenvalue weighted by atomic mass is 32.2. The van der Waals surface area contributed by atoms with E-state index in [0.29, 0.717) is 0 Å². The predicted octanol–water partition coefficient (Wildman–Crippen LogP) is 0.790. The van der Waals surface area contributed by atoms with Crippen LogP contribution in [0.4, 0.5) is 4.39 Å². The average molecular weight is 272 g/mol. The van der Waals surface area contributed by atoms with Gasteiger partial charge in [-0.1, -0.05) is 6.07 Å². The number of carboxylic acids is 1. The monoisotopic (exact) mass is 272 g/mol. The van der Waals surface area contributed by atoms with E-state index in [2.05, 4.69) is 0 Å². The number of benzene rings is 1. The standard InChI is InChI=1S/C11H9FO5S/c1-5-8(10(13)11(14)15)9-6(12)3-2-4-7(9)18(5,16)17/h2-4,10,13H,1H3,(H,14,15). The first kappa shape index (κ1) is 12.7. The summed E-state index contributed by atoms with van der Waals surface area (Å²) in [6, 6.07) is 3.41. The van der Waals surface area contributed by atoms with Crippen molar-refractivity contribution in [1.29, 1.82) is 0 Å². The predicted molar refractivity (Wildman–Crippen MR) is 59.8 cm³/mol. The van der Waals surface area contributed by atoms with Crippen LogP contribution in [0.1, 0.15) is 12.5 Å². The fraction of sp³-hybridized carbons (Fsp3) is 0.182. The number of aliphatic hydroxyl groups is 1. The molecule has 0 saturated heterocycles. The van der Waals surface area contributed by atoms with Crippen molar-refractivity contribution in [2.45, 2.75) is 17.9 Å². The Bertz CT molecular complexity index is 675. The molecule has 7 heteroatoms. The lowest BCUT2D eigenvalue weighted by molar-refractivity contribution is -0.143. The van der Waals surface area contributed by atoms with E-state index in [0.717, 1.165) is 13.0 Å². The molecule has 5 nitrogen and oxygen atoms in total. The Balaban J connectivity index is 2.84. The minimum Gasteiger partial charge on any atom is -0.479 e. The Morgan fingerprint density at radius 2 is 2.00 bits per heavy atom. The Labute approximate surface area is 102 Å². The van der Waals surface area contributed by atoms with E-state index in [-0.39, 0.29) is 15.4 Å². The number of halogens is 1. The van der Waals surface area contributed by atoms with Crippen LogP contribution in [0, 0.1) is 5.82 Å². The number of rotatable bonds is 2. The van der Waals surface area contributed by atoms with Crippen LogP contribution < -0.4 is 0 Å². The number of carboxylic acid groups (broad SMARTS) is 1. The second-order valence-corrected chi connectivity index (χ2v) is 5.89. The summed E-state index contributed by atoms with van der Waals surface area (Å²) in [6.07, 6.45) is -2.07. The molecule has 2 N–H and O–H groups in total. The van der Waals surface area contributed by atoms with E-state index in [1.165, 1.54) is 12.1 Å². The summed E-state index contributed by atoms with van der Waals surface area (Å²) < 4.78 is 37.6. The minimum atomic E-state index is -3.92. The van der Waals surface area contributed by atoms with Gasteiger partial charge in [0.05, 0.1) is 9.80 Å². The molecule has 1 aromatic rings. The normalized spacial score (nSPS) is 18.6. The van der Waals surface area contributed by atoms with Crippen LogP contribution in [0.3, 0.4) is 0 Å². The van der Waals surface area contributed by atoms with Gasteiger partial charge in [-0.3, -0.25) is 0 Å². The Hall–Kier alpha value is -1.73. The zero-order valence-electron chi connectivity index (χ0n) is 9.21. The third-order valence-electron chi connectivity index (χ3n) is 2.82. The molecule has 0 saturated carbocycles. The zero-order chi connectivity index (χ0) is 13.7. The lowest BCUT2D eigenvalue weighted by Crippen LogP contribution is -2.21. The summed E-state index contributed by atoms with van der Waals surface area (Å²) >= 11 is 0. The van der Waals surface area contributed by atoms with Gasteiger partial charge in [0.25, 0.3) is 0 Å². The van der Waals surface area contributed by atoms with Gasteiger partial charge in [-0.05, 0) is 19.1 Å². The number of fused-ring (bicyclic) bond motifs is 1. The summed E-state index contributed by atoms with van der Waals surface area (Å²) in [5.74, 6) is -2.50. The molecule has 0 aliphatic carbocycles. The van der Waals surface area contributed by atoms with Gasteiger partial charge in [-0.25, -0.2) is 17.6 Å². The van der Waals surface area contributed by atoms with Gasteiger partial charge in [-0.2, -0.15) is 0 Å². The van der Waals surface area contributed by atoms with Crippen molar-refractivity contribution in [3.8, 4) is 0 Å². The molecule has 0 amide bonds. The third kappa shape index (κ3) is 1.55. The molecule has 1 aromatic carbocycles. The highest BCUT2D eigenvalue weighted by Crippen LogP contribution is 2.41. The topological polar surface area (TPSA) is 91.7 Å². The van der Waals surface area contributed by atoms with Gasteiger partial charge in [0.15, 0.2) is 6.10 Å². The first-order chi connectivity index (χ1) is 8.28. The number of aliphatic carboxylic acids is 1. The molecule has 1 aliphatic rings. The fourth-order valence-electron chi connectivity index (χ4n) is 1.93. The van der Waals surface area contributed by atoms with E-state index >= 15 is 0 Å². The molecule has 0 radical (unpaired) electrons. The van der Waals surface area contributed by atoms with Gasteiger partial charge < -0.3 is 10.2 Å². The van der Waals surface area contributed by atoms with Gasteiger partial charge >= 0.3 is 5.97 Å². The molecule has 1 atom stereocenters. The van der Waals surface area contributed by atoms with Crippen LogP contribution in [-0.2, 0) is 14.6 Å². The minimum absolute atomic E-state index is 0.310. The molecule has 2 rings (SSSR count). The fourth-order valence-corrected chi connectivity index (χ4v) is 3.50. The number of sulfone groups is 1. The maximum absolute atomic E-state index is 13.7. The third-order valence-corrected chi connectivity index (χ3v) is 4.77. The van der Waals surface area contributed by atoms with Crippen LogP contribution in [0.25, 0.3) is 5.57 Å². The number of hydrogen-bond acceptors (Lipinski definition) is 4. The number of carbonyl (C=O) groups is 1. The molecule has 0 aromatic heterocycles. The number of aliphatic hydroxyl groups excluding tert-OH is 1. The molecule has 1 aliphatic heterocycles. The molecule has 1 unspecified atom stereocenters. The maximum Gasteiger partial charge on any atom is 0.337 e. The number of hydrogen-bond donors (Lipinski definition) is 2. The van der Waals surface area contributed by atoms with E-state index in [1.54, 1.807) is 0 Å². The summed E-state index contributed by atoms with van der Waals surface area (Å²) in [4.78, 5) is 10.1. The molecular weight excluding hydrogens is 263 g/mol. The lowest BCUT2D eigenvalue weighted by Gasteiger charge is -2.09.